The second-order valence-electron chi connectivity index (χ2n) is 10.5. The highest BCUT2D eigenvalue weighted by molar-refractivity contribution is 7.89. The van der Waals surface area contributed by atoms with Crippen molar-refractivity contribution < 1.29 is 17.9 Å². The van der Waals surface area contributed by atoms with E-state index >= 15 is 0 Å². The maximum atomic E-state index is 12.8. The van der Waals surface area contributed by atoms with E-state index in [4.69, 9.17) is 4.74 Å². The van der Waals surface area contributed by atoms with Gasteiger partial charge >= 0.3 is 5.97 Å². The molecule has 1 aromatic carbocycles. The Kier molecular flexibility index (Phi) is 7.36. The monoisotopic (exact) mass is 477 g/mol. The summed E-state index contributed by atoms with van der Waals surface area (Å²) in [6.45, 7) is 11.8. The number of hydrogen-bond donors (Lipinski definition) is 0. The number of ether oxygens (including phenoxy) is 1. The molecule has 3 fully saturated rings. The van der Waals surface area contributed by atoms with Crippen LogP contribution in [0.3, 0.4) is 0 Å². The number of aryl methyl sites for hydroxylation is 1. The number of carbonyl (C=O) groups is 1. The van der Waals surface area contributed by atoms with Gasteiger partial charge in [0.05, 0.1) is 11.2 Å². The number of benzene rings is 1. The number of rotatable bonds is 7. The van der Waals surface area contributed by atoms with Crippen molar-refractivity contribution in [3.8, 4) is 0 Å². The highest BCUT2D eigenvalue weighted by atomic mass is 32.2. The molecule has 1 aromatic rings. The second-order valence-corrected chi connectivity index (χ2v) is 12.5. The molecule has 0 N–H and O–H groups in total. The van der Waals surface area contributed by atoms with Crippen LogP contribution in [0.15, 0.2) is 24.3 Å². The number of piperidine rings is 1. The fourth-order valence-corrected chi connectivity index (χ4v) is 7.23. The van der Waals surface area contributed by atoms with Gasteiger partial charge in [-0.2, -0.15) is 0 Å². The van der Waals surface area contributed by atoms with Gasteiger partial charge in [-0.25, -0.2) is 12.7 Å². The number of esters is 1. The molecule has 0 unspecified atom stereocenters. The molecule has 1 atom stereocenters. The van der Waals surface area contributed by atoms with Crippen LogP contribution in [0.2, 0.25) is 0 Å². The average Bonchev–Trinajstić information content (AvgIpc) is 3.07. The standard InChI is InChI=1S/C25H39N3O4S/c1-20(2)19-33(30,31)28-12-9-25(10-13-28)18-23(32-24(25)29)8-11-26-14-16-27(17-15-26)22-6-4-21(3)5-7-22/h4-7,20,23H,8-19H2,1-3H3/t23-/m0/s1. The van der Waals surface area contributed by atoms with Gasteiger partial charge in [0.2, 0.25) is 10.0 Å². The largest absolute Gasteiger partial charge is 0.462 e. The van der Waals surface area contributed by atoms with Crippen molar-refractivity contribution in [2.75, 3.05) is 56.5 Å². The van der Waals surface area contributed by atoms with Crippen LogP contribution >= 0.6 is 0 Å². The molecule has 33 heavy (non-hydrogen) atoms. The summed E-state index contributed by atoms with van der Waals surface area (Å²) in [5.41, 5.74) is 2.08. The van der Waals surface area contributed by atoms with Gasteiger partial charge in [-0.15, -0.1) is 0 Å². The fourth-order valence-electron chi connectivity index (χ4n) is 5.44. The molecule has 3 saturated heterocycles. The lowest BCUT2D eigenvalue weighted by atomic mass is 9.76. The Bertz CT molecular complexity index is 915. The minimum Gasteiger partial charge on any atom is -0.462 e. The van der Waals surface area contributed by atoms with E-state index in [9.17, 15) is 13.2 Å². The zero-order valence-electron chi connectivity index (χ0n) is 20.3. The van der Waals surface area contributed by atoms with Crippen molar-refractivity contribution in [2.24, 2.45) is 11.3 Å². The number of anilines is 1. The molecule has 0 radical (unpaired) electrons. The number of hydrogen-bond acceptors (Lipinski definition) is 6. The summed E-state index contributed by atoms with van der Waals surface area (Å²) >= 11 is 0. The predicted octanol–water partition coefficient (Wildman–Crippen LogP) is 2.89. The Morgan fingerprint density at radius 3 is 2.27 bits per heavy atom. The summed E-state index contributed by atoms with van der Waals surface area (Å²) in [7, 11) is -3.24. The van der Waals surface area contributed by atoms with Crippen LogP contribution < -0.4 is 4.90 Å². The van der Waals surface area contributed by atoms with E-state index in [0.29, 0.717) is 25.9 Å². The van der Waals surface area contributed by atoms with Gasteiger partial charge < -0.3 is 9.64 Å². The summed E-state index contributed by atoms with van der Waals surface area (Å²) in [6.07, 6.45) is 2.69. The van der Waals surface area contributed by atoms with Crippen LogP contribution in [0.4, 0.5) is 5.69 Å². The molecule has 0 amide bonds. The number of sulfonamides is 1. The van der Waals surface area contributed by atoms with E-state index in [-0.39, 0.29) is 23.7 Å². The van der Waals surface area contributed by atoms with Gasteiger partial charge in [-0.1, -0.05) is 31.5 Å². The van der Waals surface area contributed by atoms with E-state index in [2.05, 4.69) is 41.0 Å². The van der Waals surface area contributed by atoms with Crippen LogP contribution in [0, 0.1) is 18.3 Å². The van der Waals surface area contributed by atoms with E-state index in [0.717, 1.165) is 45.6 Å². The summed E-state index contributed by atoms with van der Waals surface area (Å²) in [4.78, 5) is 17.7. The average molecular weight is 478 g/mol. The zero-order chi connectivity index (χ0) is 23.6. The summed E-state index contributed by atoms with van der Waals surface area (Å²) in [6, 6.07) is 8.72. The number of carbonyl (C=O) groups excluding carboxylic acids is 1. The maximum Gasteiger partial charge on any atom is 0.312 e. The minimum absolute atomic E-state index is 0.0496. The first-order valence-corrected chi connectivity index (χ1v) is 14.0. The van der Waals surface area contributed by atoms with Crippen molar-refractivity contribution in [1.82, 2.24) is 9.21 Å². The Balaban J connectivity index is 1.22. The molecule has 3 aliphatic heterocycles. The molecule has 3 aliphatic rings. The first kappa shape index (κ1) is 24.5. The maximum absolute atomic E-state index is 12.8. The fraction of sp³-hybridized carbons (Fsp3) is 0.720. The van der Waals surface area contributed by atoms with Crippen molar-refractivity contribution >= 4 is 21.7 Å². The summed E-state index contributed by atoms with van der Waals surface area (Å²) < 4.78 is 32.5. The first-order chi connectivity index (χ1) is 15.7. The van der Waals surface area contributed by atoms with Crippen LogP contribution in [0.5, 0.6) is 0 Å². The number of piperazine rings is 1. The lowest BCUT2D eigenvalue weighted by Gasteiger charge is -2.37. The third-order valence-corrected chi connectivity index (χ3v) is 9.72. The van der Waals surface area contributed by atoms with E-state index in [1.54, 1.807) is 4.31 Å². The molecule has 3 heterocycles. The number of cyclic esters (lactones) is 1. The first-order valence-electron chi connectivity index (χ1n) is 12.4. The molecule has 0 aromatic heterocycles. The molecule has 184 valence electrons. The highest BCUT2D eigenvalue weighted by Crippen LogP contribution is 2.44. The molecule has 0 aliphatic carbocycles. The Morgan fingerprint density at radius 1 is 1.03 bits per heavy atom. The molecular formula is C25H39N3O4S. The van der Waals surface area contributed by atoms with E-state index in [1.807, 2.05) is 13.8 Å². The van der Waals surface area contributed by atoms with Gasteiger partial charge in [-0.05, 0) is 44.2 Å². The Morgan fingerprint density at radius 2 is 1.67 bits per heavy atom. The smallest absolute Gasteiger partial charge is 0.312 e. The normalized spacial score (nSPS) is 24.5. The molecule has 8 heteroatoms. The Labute approximate surface area is 199 Å². The molecule has 0 bridgehead atoms. The highest BCUT2D eigenvalue weighted by Gasteiger charge is 2.51. The topological polar surface area (TPSA) is 70.2 Å². The van der Waals surface area contributed by atoms with Gasteiger partial charge in [0, 0.05) is 57.9 Å². The molecule has 0 saturated carbocycles. The van der Waals surface area contributed by atoms with Gasteiger partial charge in [0.15, 0.2) is 0 Å². The van der Waals surface area contributed by atoms with Crippen molar-refractivity contribution in [1.29, 1.82) is 0 Å². The lowest BCUT2D eigenvalue weighted by Crippen LogP contribution is -2.47. The SMILES string of the molecule is Cc1ccc(N2CCN(CC[C@H]3CC4(CCN(S(=O)(=O)CC(C)C)CC4)C(=O)O3)CC2)cc1. The quantitative estimate of drug-likeness (QED) is 0.563. The third-order valence-electron chi connectivity index (χ3n) is 7.48. The van der Waals surface area contributed by atoms with Crippen molar-refractivity contribution in [2.45, 2.75) is 52.6 Å². The molecule has 1 spiro atoms. The van der Waals surface area contributed by atoms with Gasteiger partial charge in [-0.3, -0.25) is 9.69 Å². The van der Waals surface area contributed by atoms with Crippen molar-refractivity contribution in [3.63, 3.8) is 0 Å². The summed E-state index contributed by atoms with van der Waals surface area (Å²) in [5.74, 6) is 0.160. The Hall–Kier alpha value is -1.64. The van der Waals surface area contributed by atoms with E-state index < -0.39 is 15.4 Å². The van der Waals surface area contributed by atoms with Gasteiger partial charge in [0.25, 0.3) is 0 Å². The predicted molar refractivity (Wildman–Crippen MR) is 131 cm³/mol. The minimum atomic E-state index is -3.24. The van der Waals surface area contributed by atoms with Crippen LogP contribution in [0.25, 0.3) is 0 Å². The third kappa shape index (κ3) is 5.72. The van der Waals surface area contributed by atoms with Gasteiger partial charge in [0.1, 0.15) is 6.10 Å². The zero-order valence-corrected chi connectivity index (χ0v) is 21.1. The molecule has 4 rings (SSSR count). The summed E-state index contributed by atoms with van der Waals surface area (Å²) in [5, 5.41) is 0. The van der Waals surface area contributed by atoms with Crippen LogP contribution in [-0.4, -0.2) is 81.3 Å². The molecule has 7 nitrogen and oxygen atoms in total. The second kappa shape index (κ2) is 9.92. The van der Waals surface area contributed by atoms with E-state index in [1.165, 1.54) is 11.3 Å². The van der Waals surface area contributed by atoms with Crippen LogP contribution in [-0.2, 0) is 19.6 Å². The van der Waals surface area contributed by atoms with Crippen molar-refractivity contribution in [3.05, 3.63) is 29.8 Å². The lowest BCUT2D eigenvalue weighted by molar-refractivity contribution is -0.150. The number of nitrogens with zero attached hydrogens (tertiary/aromatic N) is 3. The van der Waals surface area contributed by atoms with Crippen LogP contribution in [0.1, 0.15) is 45.1 Å². The molecular weight excluding hydrogens is 438 g/mol.